The predicted octanol–water partition coefficient (Wildman–Crippen LogP) is 3.32. The van der Waals surface area contributed by atoms with Gasteiger partial charge in [-0.05, 0) is 33.1 Å². The van der Waals surface area contributed by atoms with E-state index in [1.807, 2.05) is 0 Å². The van der Waals surface area contributed by atoms with Crippen LogP contribution < -0.4 is 10.6 Å². The molecule has 0 amide bonds. The maximum absolute atomic E-state index is 5.56. The van der Waals surface area contributed by atoms with Gasteiger partial charge >= 0.3 is 0 Å². The van der Waals surface area contributed by atoms with E-state index < -0.39 is 0 Å². The number of aryl methyl sites for hydroxylation is 2. The second kappa shape index (κ2) is 13.2. The van der Waals surface area contributed by atoms with E-state index in [1.165, 1.54) is 22.0 Å². The average molecular weight is 355 g/mol. The molecule has 0 atom stereocenters. The lowest BCUT2D eigenvalue weighted by Gasteiger charge is -2.10. The third kappa shape index (κ3) is 8.64. The molecule has 0 aliphatic heterocycles. The highest BCUT2D eigenvalue weighted by atomic mass is 32.1. The third-order valence-corrected chi connectivity index (χ3v) is 4.68. The zero-order chi connectivity index (χ0) is 17.6. The number of ether oxygens (including phenoxy) is 1. The Morgan fingerprint density at radius 3 is 2.62 bits per heavy atom. The van der Waals surface area contributed by atoms with Gasteiger partial charge in [0.1, 0.15) is 0 Å². The molecular weight excluding hydrogens is 320 g/mol. The molecule has 0 fully saturated rings. The molecule has 0 unspecified atom stereocenters. The molecule has 1 rings (SSSR count). The first-order chi connectivity index (χ1) is 11.7. The fraction of sp³-hybridized carbons (Fsp3) is 0.778. The number of thiazole rings is 1. The average Bonchev–Trinajstić information content (AvgIpc) is 2.93. The highest BCUT2D eigenvalue weighted by molar-refractivity contribution is 7.11. The maximum Gasteiger partial charge on any atom is 0.191 e. The minimum absolute atomic E-state index is 0.789. The maximum atomic E-state index is 5.56. The first kappa shape index (κ1) is 20.9. The molecule has 2 N–H and O–H groups in total. The number of hydrogen-bond acceptors (Lipinski definition) is 4. The van der Waals surface area contributed by atoms with Crippen molar-refractivity contribution in [2.45, 2.75) is 59.8 Å². The van der Waals surface area contributed by atoms with Gasteiger partial charge in [0.15, 0.2) is 5.96 Å². The van der Waals surface area contributed by atoms with E-state index in [1.54, 1.807) is 11.3 Å². The van der Waals surface area contributed by atoms with Gasteiger partial charge < -0.3 is 15.4 Å². The first-order valence-corrected chi connectivity index (χ1v) is 10.1. The molecule has 1 heterocycles. The van der Waals surface area contributed by atoms with Crippen molar-refractivity contribution in [1.29, 1.82) is 0 Å². The Morgan fingerprint density at radius 2 is 1.96 bits per heavy atom. The van der Waals surface area contributed by atoms with Crippen LogP contribution in [0.25, 0.3) is 0 Å². The normalized spacial score (nSPS) is 11.8. The van der Waals surface area contributed by atoms with Crippen LogP contribution in [0, 0.1) is 6.92 Å². The number of aromatic nitrogens is 1. The minimum Gasteiger partial charge on any atom is -0.381 e. The van der Waals surface area contributed by atoms with Crippen LogP contribution in [-0.2, 0) is 17.6 Å². The summed E-state index contributed by atoms with van der Waals surface area (Å²) >= 11 is 1.81. The standard InChI is InChI=1S/C18H34N4OS/c1-5-8-13-23-14-9-11-20-18(19-7-3)21-12-10-17-22-16(6-2)15(4)24-17/h5-14H2,1-4H3,(H2,19,20,21). The molecule has 1 aromatic heterocycles. The molecule has 0 bridgehead atoms. The summed E-state index contributed by atoms with van der Waals surface area (Å²) < 4.78 is 5.56. The zero-order valence-electron chi connectivity index (χ0n) is 15.8. The summed E-state index contributed by atoms with van der Waals surface area (Å²) in [6.07, 6.45) is 5.25. The summed E-state index contributed by atoms with van der Waals surface area (Å²) in [5.41, 5.74) is 1.23. The van der Waals surface area contributed by atoms with Gasteiger partial charge in [-0.2, -0.15) is 0 Å². The van der Waals surface area contributed by atoms with Crippen molar-refractivity contribution in [1.82, 2.24) is 15.6 Å². The number of rotatable bonds is 12. The SMILES string of the molecule is CCCCOCCCN=C(NCC)NCCc1nc(CC)c(C)s1. The predicted molar refractivity (Wildman–Crippen MR) is 104 cm³/mol. The minimum atomic E-state index is 0.789. The van der Waals surface area contributed by atoms with Crippen molar-refractivity contribution in [3.8, 4) is 0 Å². The molecule has 0 spiro atoms. The Bertz CT molecular complexity index is 474. The van der Waals surface area contributed by atoms with E-state index in [9.17, 15) is 0 Å². The quantitative estimate of drug-likeness (QED) is 0.343. The third-order valence-electron chi connectivity index (χ3n) is 3.61. The van der Waals surface area contributed by atoms with E-state index in [2.05, 4.69) is 48.3 Å². The Hall–Kier alpha value is -1.14. The van der Waals surface area contributed by atoms with E-state index in [4.69, 9.17) is 4.74 Å². The van der Waals surface area contributed by atoms with Crippen molar-refractivity contribution in [2.75, 3.05) is 32.8 Å². The Kier molecular flexibility index (Phi) is 11.5. The number of nitrogens with zero attached hydrogens (tertiary/aromatic N) is 2. The van der Waals surface area contributed by atoms with Crippen molar-refractivity contribution >= 4 is 17.3 Å². The second-order valence-corrected chi connectivity index (χ2v) is 7.01. The van der Waals surface area contributed by atoms with Crippen LogP contribution in [0.3, 0.4) is 0 Å². The topological polar surface area (TPSA) is 58.5 Å². The molecule has 24 heavy (non-hydrogen) atoms. The molecule has 0 aliphatic rings. The number of nitrogens with one attached hydrogen (secondary N) is 2. The Balaban J connectivity index is 2.27. The van der Waals surface area contributed by atoms with Gasteiger partial charge in [-0.15, -0.1) is 11.3 Å². The molecule has 0 aromatic carbocycles. The lowest BCUT2D eigenvalue weighted by Crippen LogP contribution is -2.38. The molecule has 0 saturated heterocycles. The molecule has 5 nitrogen and oxygen atoms in total. The summed E-state index contributed by atoms with van der Waals surface area (Å²) in [5.74, 6) is 0.884. The van der Waals surface area contributed by atoms with Crippen LogP contribution in [-0.4, -0.2) is 43.8 Å². The van der Waals surface area contributed by atoms with Crippen LogP contribution in [0.2, 0.25) is 0 Å². The van der Waals surface area contributed by atoms with Crippen LogP contribution >= 0.6 is 11.3 Å². The molecule has 0 aliphatic carbocycles. The number of hydrogen-bond donors (Lipinski definition) is 2. The largest absolute Gasteiger partial charge is 0.381 e. The number of guanidine groups is 1. The van der Waals surface area contributed by atoms with Crippen LogP contribution in [0.4, 0.5) is 0 Å². The molecule has 1 aromatic rings. The van der Waals surface area contributed by atoms with Crippen LogP contribution in [0.1, 0.15) is 55.6 Å². The van der Waals surface area contributed by atoms with Crippen molar-refractivity contribution in [2.24, 2.45) is 4.99 Å². The molecule has 138 valence electrons. The fourth-order valence-corrected chi connectivity index (χ4v) is 3.28. The fourth-order valence-electron chi connectivity index (χ4n) is 2.26. The smallest absolute Gasteiger partial charge is 0.191 e. The summed E-state index contributed by atoms with van der Waals surface area (Å²) in [5, 5.41) is 7.89. The Labute approximate surface area is 151 Å². The van der Waals surface area contributed by atoms with Crippen LogP contribution in [0.15, 0.2) is 4.99 Å². The summed E-state index contributed by atoms with van der Waals surface area (Å²) in [7, 11) is 0. The lowest BCUT2D eigenvalue weighted by atomic mass is 10.3. The number of unbranched alkanes of at least 4 members (excludes halogenated alkanes) is 1. The van der Waals surface area contributed by atoms with E-state index >= 15 is 0 Å². The highest BCUT2D eigenvalue weighted by Gasteiger charge is 2.06. The first-order valence-electron chi connectivity index (χ1n) is 9.26. The van der Waals surface area contributed by atoms with Gasteiger partial charge in [0.2, 0.25) is 0 Å². The Morgan fingerprint density at radius 1 is 1.17 bits per heavy atom. The lowest BCUT2D eigenvalue weighted by molar-refractivity contribution is 0.130. The van der Waals surface area contributed by atoms with Gasteiger partial charge in [-0.3, -0.25) is 4.99 Å². The van der Waals surface area contributed by atoms with Gasteiger partial charge in [-0.25, -0.2) is 4.98 Å². The van der Waals surface area contributed by atoms with Crippen molar-refractivity contribution in [3.05, 3.63) is 15.6 Å². The van der Waals surface area contributed by atoms with E-state index in [-0.39, 0.29) is 0 Å². The zero-order valence-corrected chi connectivity index (χ0v) is 16.6. The van der Waals surface area contributed by atoms with Crippen molar-refractivity contribution < 1.29 is 4.74 Å². The molecule has 0 radical (unpaired) electrons. The summed E-state index contributed by atoms with van der Waals surface area (Å²) in [4.78, 5) is 10.6. The van der Waals surface area contributed by atoms with E-state index in [0.717, 1.165) is 64.5 Å². The van der Waals surface area contributed by atoms with Gasteiger partial charge in [-0.1, -0.05) is 20.3 Å². The van der Waals surface area contributed by atoms with Gasteiger partial charge in [0, 0.05) is 44.1 Å². The van der Waals surface area contributed by atoms with Crippen LogP contribution in [0.5, 0.6) is 0 Å². The summed E-state index contributed by atoms with van der Waals surface area (Å²) in [6.45, 7) is 12.8. The monoisotopic (exact) mass is 354 g/mol. The highest BCUT2D eigenvalue weighted by Crippen LogP contribution is 2.17. The molecular formula is C18H34N4OS. The summed E-state index contributed by atoms with van der Waals surface area (Å²) in [6, 6.07) is 0. The van der Waals surface area contributed by atoms with Crippen molar-refractivity contribution in [3.63, 3.8) is 0 Å². The van der Waals surface area contributed by atoms with Gasteiger partial charge in [0.05, 0.1) is 10.7 Å². The second-order valence-electron chi connectivity index (χ2n) is 5.72. The van der Waals surface area contributed by atoms with Gasteiger partial charge in [0.25, 0.3) is 0 Å². The van der Waals surface area contributed by atoms with E-state index in [0.29, 0.717) is 0 Å². The molecule has 0 saturated carbocycles. The molecule has 6 heteroatoms. The number of aliphatic imine (C=N–C) groups is 1.